The number of aryl methyl sites for hydroxylation is 1. The molecule has 0 radical (unpaired) electrons. The van der Waals surface area contributed by atoms with E-state index in [-0.39, 0.29) is 10.8 Å². The van der Waals surface area contributed by atoms with Crippen molar-refractivity contribution in [2.45, 2.75) is 37.5 Å². The predicted molar refractivity (Wildman–Crippen MR) is 128 cm³/mol. The van der Waals surface area contributed by atoms with E-state index in [1.165, 1.54) is 0 Å². The third-order valence-electron chi connectivity index (χ3n) is 6.17. The fraction of sp³-hybridized carbons (Fsp3) is 0.458. The SMILES string of the molecule is Cc1ccc(S(=O)(=O)Nc2cc(C(=O)N3CCCCCC3)ccc2N2CCNCC2)cc1. The van der Waals surface area contributed by atoms with Crippen LogP contribution in [-0.2, 0) is 10.0 Å². The summed E-state index contributed by atoms with van der Waals surface area (Å²) in [6.45, 7) is 6.64. The number of anilines is 2. The van der Waals surface area contributed by atoms with Crippen molar-refractivity contribution >= 4 is 27.3 Å². The fourth-order valence-electron chi connectivity index (χ4n) is 4.31. The molecule has 0 saturated carbocycles. The smallest absolute Gasteiger partial charge is 0.261 e. The zero-order valence-corrected chi connectivity index (χ0v) is 19.5. The van der Waals surface area contributed by atoms with Crippen molar-refractivity contribution in [2.75, 3.05) is 48.9 Å². The molecule has 4 rings (SSSR count). The maximum atomic E-state index is 13.2. The highest BCUT2D eigenvalue weighted by atomic mass is 32.2. The lowest BCUT2D eigenvalue weighted by Crippen LogP contribution is -2.43. The van der Waals surface area contributed by atoms with Crippen LogP contribution in [0.3, 0.4) is 0 Å². The van der Waals surface area contributed by atoms with Crippen LogP contribution in [0.15, 0.2) is 47.4 Å². The number of likely N-dealkylation sites (tertiary alicyclic amines) is 1. The van der Waals surface area contributed by atoms with Gasteiger partial charge in [0.1, 0.15) is 0 Å². The molecular formula is C24H32N4O3S. The Morgan fingerprint density at radius 3 is 2.22 bits per heavy atom. The highest BCUT2D eigenvalue weighted by Gasteiger charge is 2.23. The number of benzene rings is 2. The van der Waals surface area contributed by atoms with Gasteiger partial charge in [-0.25, -0.2) is 8.42 Å². The molecule has 2 fully saturated rings. The molecule has 172 valence electrons. The van der Waals surface area contributed by atoms with Gasteiger partial charge < -0.3 is 15.1 Å². The van der Waals surface area contributed by atoms with Crippen LogP contribution >= 0.6 is 0 Å². The van der Waals surface area contributed by atoms with Gasteiger partial charge in [-0.2, -0.15) is 0 Å². The van der Waals surface area contributed by atoms with Crippen LogP contribution in [-0.4, -0.2) is 58.5 Å². The van der Waals surface area contributed by atoms with Crippen molar-refractivity contribution in [1.82, 2.24) is 10.2 Å². The second kappa shape index (κ2) is 9.92. The topological polar surface area (TPSA) is 81.8 Å². The number of nitrogens with zero attached hydrogens (tertiary/aromatic N) is 2. The van der Waals surface area contributed by atoms with E-state index in [1.54, 1.807) is 30.3 Å². The molecule has 2 N–H and O–H groups in total. The summed E-state index contributed by atoms with van der Waals surface area (Å²) in [5, 5.41) is 3.32. The van der Waals surface area contributed by atoms with Crippen LogP contribution in [0.1, 0.15) is 41.6 Å². The van der Waals surface area contributed by atoms with Gasteiger partial charge in [0.2, 0.25) is 0 Å². The van der Waals surface area contributed by atoms with E-state index in [2.05, 4.69) is 14.9 Å². The summed E-state index contributed by atoms with van der Waals surface area (Å²) >= 11 is 0. The van der Waals surface area contributed by atoms with Crippen molar-refractivity contribution < 1.29 is 13.2 Å². The lowest BCUT2D eigenvalue weighted by Gasteiger charge is -2.31. The van der Waals surface area contributed by atoms with Crippen LogP contribution in [0.2, 0.25) is 0 Å². The number of nitrogens with one attached hydrogen (secondary N) is 2. The molecule has 2 aromatic rings. The number of sulfonamides is 1. The first kappa shape index (κ1) is 22.6. The van der Waals surface area contributed by atoms with Crippen LogP contribution < -0.4 is 14.9 Å². The second-order valence-corrected chi connectivity index (χ2v) is 10.3. The summed E-state index contributed by atoms with van der Waals surface area (Å²) in [6, 6.07) is 12.2. The monoisotopic (exact) mass is 456 g/mol. The zero-order chi connectivity index (χ0) is 22.6. The molecule has 0 bridgehead atoms. The van der Waals surface area contributed by atoms with Crippen molar-refractivity contribution in [3.63, 3.8) is 0 Å². The minimum absolute atomic E-state index is 0.0328. The van der Waals surface area contributed by atoms with E-state index in [4.69, 9.17) is 0 Å². The van der Waals surface area contributed by atoms with Gasteiger partial charge in [0, 0.05) is 44.8 Å². The van der Waals surface area contributed by atoms with Gasteiger partial charge in [0.05, 0.1) is 16.3 Å². The Morgan fingerprint density at radius 2 is 1.56 bits per heavy atom. The molecule has 7 nitrogen and oxygen atoms in total. The molecule has 0 unspecified atom stereocenters. The van der Waals surface area contributed by atoms with Gasteiger partial charge in [-0.05, 0) is 50.1 Å². The Balaban J connectivity index is 1.67. The van der Waals surface area contributed by atoms with Crippen LogP contribution in [0.4, 0.5) is 11.4 Å². The van der Waals surface area contributed by atoms with Crippen molar-refractivity contribution in [1.29, 1.82) is 0 Å². The van der Waals surface area contributed by atoms with E-state index in [9.17, 15) is 13.2 Å². The van der Waals surface area contributed by atoms with Gasteiger partial charge in [0.25, 0.3) is 15.9 Å². The Kier molecular flexibility index (Phi) is 7.01. The number of piperazine rings is 1. The molecule has 0 aliphatic carbocycles. The molecule has 2 saturated heterocycles. The summed E-state index contributed by atoms with van der Waals surface area (Å²) in [6.07, 6.45) is 4.32. The number of hydrogen-bond acceptors (Lipinski definition) is 5. The standard InChI is InChI=1S/C24H32N4O3S/c1-19-6-9-21(10-7-19)32(30,31)26-22-18-20(24(29)28-14-4-2-3-5-15-28)8-11-23(22)27-16-12-25-13-17-27/h6-11,18,25-26H,2-5,12-17H2,1H3. The van der Waals surface area contributed by atoms with Crippen LogP contribution in [0.5, 0.6) is 0 Å². The summed E-state index contributed by atoms with van der Waals surface area (Å²) in [5.74, 6) is -0.0328. The molecule has 32 heavy (non-hydrogen) atoms. The van der Waals surface area contributed by atoms with E-state index >= 15 is 0 Å². The number of hydrogen-bond donors (Lipinski definition) is 2. The Labute approximate surface area is 190 Å². The maximum absolute atomic E-state index is 13.2. The maximum Gasteiger partial charge on any atom is 0.261 e. The number of carbonyl (C=O) groups is 1. The minimum atomic E-state index is -3.78. The average Bonchev–Trinajstić information content (AvgIpc) is 3.09. The minimum Gasteiger partial charge on any atom is -0.367 e. The third-order valence-corrected chi connectivity index (χ3v) is 7.55. The van der Waals surface area contributed by atoms with E-state index in [1.807, 2.05) is 24.0 Å². The fourth-order valence-corrected chi connectivity index (χ4v) is 5.38. The van der Waals surface area contributed by atoms with E-state index in [0.29, 0.717) is 11.3 Å². The lowest BCUT2D eigenvalue weighted by atomic mass is 10.1. The third kappa shape index (κ3) is 5.24. The molecule has 0 atom stereocenters. The summed E-state index contributed by atoms with van der Waals surface area (Å²) in [4.78, 5) is 17.4. The highest BCUT2D eigenvalue weighted by molar-refractivity contribution is 7.92. The first-order valence-corrected chi connectivity index (χ1v) is 12.9. The van der Waals surface area contributed by atoms with Gasteiger partial charge in [-0.3, -0.25) is 9.52 Å². The lowest BCUT2D eigenvalue weighted by molar-refractivity contribution is 0.0761. The predicted octanol–water partition coefficient (Wildman–Crippen LogP) is 3.22. The Morgan fingerprint density at radius 1 is 0.906 bits per heavy atom. The van der Waals surface area contributed by atoms with Gasteiger partial charge in [0.15, 0.2) is 0 Å². The molecular weight excluding hydrogens is 424 g/mol. The summed E-state index contributed by atoms with van der Waals surface area (Å²) in [5.41, 5.74) is 2.77. The first-order chi connectivity index (χ1) is 15.4. The molecule has 0 aromatic heterocycles. The van der Waals surface area contributed by atoms with Crippen LogP contribution in [0, 0.1) is 6.92 Å². The Hall–Kier alpha value is -2.58. The first-order valence-electron chi connectivity index (χ1n) is 11.4. The second-order valence-electron chi connectivity index (χ2n) is 8.59. The number of amides is 1. The molecule has 2 aromatic carbocycles. The molecule has 2 aliphatic heterocycles. The normalized spacial score (nSPS) is 17.7. The van der Waals surface area contributed by atoms with Gasteiger partial charge >= 0.3 is 0 Å². The van der Waals surface area contributed by atoms with E-state index < -0.39 is 10.0 Å². The summed E-state index contributed by atoms with van der Waals surface area (Å²) < 4.78 is 29.0. The van der Waals surface area contributed by atoms with Crippen molar-refractivity contribution in [3.05, 3.63) is 53.6 Å². The molecule has 2 heterocycles. The molecule has 8 heteroatoms. The quantitative estimate of drug-likeness (QED) is 0.722. The van der Waals surface area contributed by atoms with Gasteiger partial charge in [-0.15, -0.1) is 0 Å². The van der Waals surface area contributed by atoms with Crippen molar-refractivity contribution in [2.24, 2.45) is 0 Å². The average molecular weight is 457 g/mol. The molecule has 2 aliphatic rings. The summed E-state index contributed by atoms with van der Waals surface area (Å²) in [7, 11) is -3.78. The Bertz CT molecular complexity index is 1040. The zero-order valence-electron chi connectivity index (χ0n) is 18.6. The highest BCUT2D eigenvalue weighted by Crippen LogP contribution is 2.31. The van der Waals surface area contributed by atoms with E-state index in [0.717, 1.165) is 76.2 Å². The molecule has 0 spiro atoms. The largest absolute Gasteiger partial charge is 0.367 e. The molecule has 1 amide bonds. The van der Waals surface area contributed by atoms with Crippen molar-refractivity contribution in [3.8, 4) is 0 Å². The number of rotatable bonds is 5. The number of carbonyl (C=O) groups excluding carboxylic acids is 1. The van der Waals surface area contributed by atoms with Gasteiger partial charge in [-0.1, -0.05) is 30.5 Å². The van der Waals surface area contributed by atoms with Crippen LogP contribution in [0.25, 0.3) is 0 Å².